The molecule has 1 N–H and O–H groups in total. The van der Waals surface area contributed by atoms with E-state index in [4.69, 9.17) is 14.0 Å². The lowest BCUT2D eigenvalue weighted by atomic mass is 10.1. The fourth-order valence-electron chi connectivity index (χ4n) is 3.53. The molecule has 0 saturated carbocycles. The Balaban J connectivity index is 1.40. The van der Waals surface area contributed by atoms with Crippen LogP contribution in [0.5, 0.6) is 11.5 Å². The van der Waals surface area contributed by atoms with Crippen molar-refractivity contribution in [3.63, 3.8) is 0 Å². The first-order valence-corrected chi connectivity index (χ1v) is 10.0. The third-order valence-corrected chi connectivity index (χ3v) is 5.13. The predicted molar refractivity (Wildman–Crippen MR) is 113 cm³/mol. The van der Waals surface area contributed by atoms with Gasteiger partial charge in [0.1, 0.15) is 6.26 Å². The van der Waals surface area contributed by atoms with Crippen LogP contribution in [0.4, 0.5) is 0 Å². The Morgan fingerprint density at radius 2 is 1.93 bits per heavy atom. The van der Waals surface area contributed by atoms with E-state index in [9.17, 15) is 0 Å². The van der Waals surface area contributed by atoms with Gasteiger partial charge in [0.25, 0.3) is 0 Å². The fraction of sp³-hybridized carbons (Fsp3) is 0.524. The number of nitrogens with one attached hydrogen (secondary N) is 1. The summed E-state index contributed by atoms with van der Waals surface area (Å²) in [6.45, 7) is 5.58. The molecule has 158 valence electrons. The van der Waals surface area contributed by atoms with E-state index in [1.165, 1.54) is 5.56 Å². The standard InChI is InChI=1S/C21H31N5O3/c1-22-21(26-12-10-25(11-13-26)16-18-8-14-29-24-18)23-9-4-5-17-6-7-19(27-2)20(15-17)28-3/h6-8,14-15H,4-5,9-13,16H2,1-3H3,(H,22,23). The van der Waals surface area contributed by atoms with Gasteiger partial charge in [0, 0.05) is 52.4 Å². The van der Waals surface area contributed by atoms with Crippen LogP contribution in [0.15, 0.2) is 40.0 Å². The summed E-state index contributed by atoms with van der Waals surface area (Å²) < 4.78 is 15.6. The summed E-state index contributed by atoms with van der Waals surface area (Å²) in [6, 6.07) is 8.01. The number of guanidine groups is 1. The van der Waals surface area contributed by atoms with E-state index in [2.05, 4.69) is 31.3 Å². The minimum atomic E-state index is 0.762. The number of piperazine rings is 1. The highest BCUT2D eigenvalue weighted by atomic mass is 16.5. The van der Waals surface area contributed by atoms with Gasteiger partial charge in [-0.1, -0.05) is 11.2 Å². The molecule has 1 aliphatic rings. The zero-order chi connectivity index (χ0) is 20.5. The van der Waals surface area contributed by atoms with E-state index >= 15 is 0 Å². The van der Waals surface area contributed by atoms with Gasteiger partial charge in [-0.25, -0.2) is 0 Å². The number of rotatable bonds is 8. The number of ether oxygens (including phenoxy) is 2. The second kappa shape index (κ2) is 10.7. The van der Waals surface area contributed by atoms with Gasteiger partial charge in [0.05, 0.1) is 19.9 Å². The van der Waals surface area contributed by atoms with Crippen molar-refractivity contribution in [3.8, 4) is 11.5 Å². The Bertz CT molecular complexity index is 771. The maximum atomic E-state index is 5.38. The van der Waals surface area contributed by atoms with Gasteiger partial charge in [0.15, 0.2) is 17.5 Å². The van der Waals surface area contributed by atoms with Gasteiger partial charge < -0.3 is 24.2 Å². The lowest BCUT2D eigenvalue weighted by Gasteiger charge is -2.36. The van der Waals surface area contributed by atoms with Crippen LogP contribution in [0.25, 0.3) is 0 Å². The molecule has 0 aliphatic carbocycles. The number of hydrogen-bond donors (Lipinski definition) is 1. The van der Waals surface area contributed by atoms with Crippen LogP contribution >= 0.6 is 0 Å². The summed E-state index contributed by atoms with van der Waals surface area (Å²) in [5.74, 6) is 2.51. The number of aryl methyl sites for hydroxylation is 1. The Labute approximate surface area is 172 Å². The van der Waals surface area contributed by atoms with Crippen molar-refractivity contribution in [1.82, 2.24) is 20.3 Å². The Morgan fingerprint density at radius 3 is 2.59 bits per heavy atom. The molecule has 2 heterocycles. The minimum absolute atomic E-state index is 0.762. The van der Waals surface area contributed by atoms with Crippen molar-refractivity contribution < 1.29 is 14.0 Å². The largest absolute Gasteiger partial charge is 0.493 e. The van der Waals surface area contributed by atoms with Gasteiger partial charge in [-0.3, -0.25) is 9.89 Å². The second-order valence-electron chi connectivity index (χ2n) is 7.02. The van der Waals surface area contributed by atoms with Crippen LogP contribution in [0.2, 0.25) is 0 Å². The molecule has 8 heteroatoms. The first-order chi connectivity index (χ1) is 14.2. The SMILES string of the molecule is CN=C(NCCCc1ccc(OC)c(OC)c1)N1CCN(Cc2ccon2)CC1. The molecule has 1 aliphatic heterocycles. The van der Waals surface area contributed by atoms with Crippen molar-refractivity contribution in [1.29, 1.82) is 0 Å². The number of benzene rings is 1. The van der Waals surface area contributed by atoms with Crippen LogP contribution in [0.3, 0.4) is 0 Å². The fourth-order valence-corrected chi connectivity index (χ4v) is 3.53. The molecule has 1 aromatic carbocycles. The second-order valence-corrected chi connectivity index (χ2v) is 7.02. The molecule has 1 aromatic heterocycles. The third-order valence-electron chi connectivity index (χ3n) is 5.13. The number of methoxy groups -OCH3 is 2. The first-order valence-electron chi connectivity index (χ1n) is 10.0. The topological polar surface area (TPSA) is 75.4 Å². The van der Waals surface area contributed by atoms with Crippen LogP contribution in [-0.4, -0.2) is 74.9 Å². The van der Waals surface area contributed by atoms with Crippen LogP contribution in [-0.2, 0) is 13.0 Å². The van der Waals surface area contributed by atoms with E-state index in [0.29, 0.717) is 0 Å². The number of aliphatic imine (C=N–C) groups is 1. The quantitative estimate of drug-likeness (QED) is 0.412. The normalized spacial score (nSPS) is 15.4. The molecule has 0 spiro atoms. The maximum absolute atomic E-state index is 5.38. The van der Waals surface area contributed by atoms with Gasteiger partial charge in [-0.2, -0.15) is 0 Å². The zero-order valence-electron chi connectivity index (χ0n) is 17.6. The number of nitrogens with zero attached hydrogens (tertiary/aromatic N) is 4. The van der Waals surface area contributed by atoms with E-state index < -0.39 is 0 Å². The zero-order valence-corrected chi connectivity index (χ0v) is 17.6. The Morgan fingerprint density at radius 1 is 1.14 bits per heavy atom. The highest BCUT2D eigenvalue weighted by Gasteiger charge is 2.20. The van der Waals surface area contributed by atoms with E-state index in [-0.39, 0.29) is 0 Å². The highest BCUT2D eigenvalue weighted by molar-refractivity contribution is 5.79. The average Bonchev–Trinajstić information content (AvgIpc) is 3.27. The summed E-state index contributed by atoms with van der Waals surface area (Å²) in [7, 11) is 5.16. The molecule has 3 rings (SSSR count). The highest BCUT2D eigenvalue weighted by Crippen LogP contribution is 2.27. The van der Waals surface area contributed by atoms with Crippen molar-refractivity contribution in [2.45, 2.75) is 19.4 Å². The lowest BCUT2D eigenvalue weighted by molar-refractivity contribution is 0.169. The molecular formula is C21H31N5O3. The van der Waals surface area contributed by atoms with Crippen molar-refractivity contribution in [2.75, 3.05) is 54.0 Å². The molecule has 0 amide bonds. The smallest absolute Gasteiger partial charge is 0.193 e. The molecule has 8 nitrogen and oxygen atoms in total. The van der Waals surface area contributed by atoms with E-state index in [1.54, 1.807) is 20.5 Å². The van der Waals surface area contributed by atoms with Gasteiger partial charge in [-0.15, -0.1) is 0 Å². The van der Waals surface area contributed by atoms with Gasteiger partial charge >= 0.3 is 0 Å². The number of hydrogen-bond acceptors (Lipinski definition) is 6. The van der Waals surface area contributed by atoms with Crippen LogP contribution < -0.4 is 14.8 Å². The first kappa shape index (κ1) is 21.0. The molecule has 0 unspecified atom stereocenters. The average molecular weight is 402 g/mol. The summed E-state index contributed by atoms with van der Waals surface area (Å²) in [5.41, 5.74) is 2.22. The molecule has 2 aromatic rings. The summed E-state index contributed by atoms with van der Waals surface area (Å²) in [5, 5.41) is 7.49. The molecule has 29 heavy (non-hydrogen) atoms. The number of aromatic nitrogens is 1. The van der Waals surface area contributed by atoms with Crippen molar-refractivity contribution in [3.05, 3.63) is 41.8 Å². The maximum Gasteiger partial charge on any atom is 0.193 e. The van der Waals surface area contributed by atoms with Gasteiger partial charge in [-0.05, 0) is 30.5 Å². The van der Waals surface area contributed by atoms with E-state index in [0.717, 1.165) is 75.3 Å². The summed E-state index contributed by atoms with van der Waals surface area (Å²) in [6.07, 6.45) is 3.61. The molecule has 0 radical (unpaired) electrons. The monoisotopic (exact) mass is 401 g/mol. The Hall–Kier alpha value is -2.74. The molecular weight excluding hydrogens is 370 g/mol. The van der Waals surface area contributed by atoms with E-state index in [1.807, 2.05) is 25.2 Å². The third kappa shape index (κ3) is 5.87. The molecule has 0 bridgehead atoms. The lowest BCUT2D eigenvalue weighted by Crippen LogP contribution is -2.52. The Kier molecular flexibility index (Phi) is 7.75. The van der Waals surface area contributed by atoms with Gasteiger partial charge in [0.2, 0.25) is 0 Å². The van der Waals surface area contributed by atoms with Crippen LogP contribution in [0, 0.1) is 0 Å². The minimum Gasteiger partial charge on any atom is -0.493 e. The molecule has 1 fully saturated rings. The van der Waals surface area contributed by atoms with Crippen LogP contribution in [0.1, 0.15) is 17.7 Å². The summed E-state index contributed by atoms with van der Waals surface area (Å²) >= 11 is 0. The predicted octanol–water partition coefficient (Wildman–Crippen LogP) is 2.02. The molecule has 0 atom stereocenters. The van der Waals surface area contributed by atoms with Crippen molar-refractivity contribution in [2.24, 2.45) is 4.99 Å². The molecule has 1 saturated heterocycles. The summed E-state index contributed by atoms with van der Waals surface area (Å²) in [4.78, 5) is 9.16. The van der Waals surface area contributed by atoms with Crippen molar-refractivity contribution >= 4 is 5.96 Å².